The zero-order valence-corrected chi connectivity index (χ0v) is 8.09. The van der Waals surface area contributed by atoms with Crippen molar-refractivity contribution in [3.63, 3.8) is 0 Å². The van der Waals surface area contributed by atoms with Gasteiger partial charge in [0, 0.05) is 6.61 Å². The van der Waals surface area contributed by atoms with E-state index in [0.29, 0.717) is 5.46 Å². The van der Waals surface area contributed by atoms with Crippen molar-refractivity contribution in [2.75, 3.05) is 6.61 Å². The third kappa shape index (κ3) is 4.99. The Balaban J connectivity index is 0.000000500. The lowest BCUT2D eigenvalue weighted by Crippen LogP contribution is -2.29. The van der Waals surface area contributed by atoms with Crippen LogP contribution in [0.1, 0.15) is 12.5 Å². The van der Waals surface area contributed by atoms with Crippen LogP contribution in [-0.2, 0) is 6.61 Å². The Hall–Kier alpha value is -0.875. The molecule has 0 unspecified atom stereocenters. The zero-order chi connectivity index (χ0) is 11.0. The molecule has 0 atom stereocenters. The molecule has 0 saturated carbocycles. The van der Waals surface area contributed by atoms with Crippen LogP contribution in [0.15, 0.2) is 24.3 Å². The summed E-state index contributed by atoms with van der Waals surface area (Å²) in [5, 5.41) is 33.6. The van der Waals surface area contributed by atoms with E-state index in [0.717, 1.165) is 5.56 Å². The molecule has 1 aromatic carbocycles. The molecule has 5 heteroatoms. The first-order valence-electron chi connectivity index (χ1n) is 4.32. The monoisotopic (exact) mass is 198 g/mol. The molecule has 0 bridgehead atoms. The van der Waals surface area contributed by atoms with Crippen molar-refractivity contribution in [1.82, 2.24) is 0 Å². The van der Waals surface area contributed by atoms with E-state index in [2.05, 4.69) is 0 Å². The molecule has 4 N–H and O–H groups in total. The van der Waals surface area contributed by atoms with Crippen LogP contribution in [0.3, 0.4) is 0 Å². The van der Waals surface area contributed by atoms with Crippen molar-refractivity contribution in [2.45, 2.75) is 13.5 Å². The van der Waals surface area contributed by atoms with Crippen molar-refractivity contribution >= 4 is 12.6 Å². The van der Waals surface area contributed by atoms with E-state index < -0.39 is 7.12 Å². The highest BCUT2D eigenvalue weighted by atomic mass is 16.4. The number of aliphatic hydroxyl groups excluding tert-OH is 2. The second-order valence-electron chi connectivity index (χ2n) is 2.59. The fourth-order valence-electron chi connectivity index (χ4n) is 0.795. The largest absolute Gasteiger partial charge is 0.488 e. The first kappa shape index (κ1) is 13.1. The summed E-state index contributed by atoms with van der Waals surface area (Å²) >= 11 is 0. The summed E-state index contributed by atoms with van der Waals surface area (Å²) in [5.41, 5.74) is 1.19. The maximum atomic E-state index is 8.68. The Morgan fingerprint density at radius 2 is 1.50 bits per heavy atom. The van der Waals surface area contributed by atoms with Gasteiger partial charge in [-0.1, -0.05) is 24.3 Å². The van der Waals surface area contributed by atoms with Crippen LogP contribution in [-0.4, -0.2) is 34.0 Å². The molecular weight excluding hydrogens is 183 g/mol. The number of hydrogen-bond acceptors (Lipinski definition) is 4. The van der Waals surface area contributed by atoms with Crippen molar-refractivity contribution in [3.8, 4) is 0 Å². The summed E-state index contributed by atoms with van der Waals surface area (Å²) in [7, 11) is -1.43. The summed E-state index contributed by atoms with van der Waals surface area (Å²) < 4.78 is 0. The van der Waals surface area contributed by atoms with Crippen LogP contribution in [0.2, 0.25) is 0 Å². The normalized spacial score (nSPS) is 8.93. The lowest BCUT2D eigenvalue weighted by molar-refractivity contribution is 0.282. The Bertz CT molecular complexity index is 235. The molecule has 0 spiro atoms. The van der Waals surface area contributed by atoms with Gasteiger partial charge in [0.25, 0.3) is 0 Å². The van der Waals surface area contributed by atoms with Crippen molar-refractivity contribution in [1.29, 1.82) is 0 Å². The molecule has 0 amide bonds. The van der Waals surface area contributed by atoms with Crippen LogP contribution in [0.5, 0.6) is 0 Å². The maximum absolute atomic E-state index is 8.68. The van der Waals surface area contributed by atoms with Gasteiger partial charge in [0.1, 0.15) is 0 Å². The third-order valence-electron chi connectivity index (χ3n) is 1.46. The van der Waals surface area contributed by atoms with E-state index in [1.807, 2.05) is 0 Å². The highest BCUT2D eigenvalue weighted by molar-refractivity contribution is 6.58. The minimum atomic E-state index is -1.43. The number of rotatable bonds is 2. The van der Waals surface area contributed by atoms with Gasteiger partial charge in [-0.15, -0.1) is 0 Å². The van der Waals surface area contributed by atoms with Gasteiger partial charge in [0.2, 0.25) is 0 Å². The maximum Gasteiger partial charge on any atom is 0.488 e. The number of aliphatic hydroxyl groups is 2. The Morgan fingerprint density at radius 1 is 1.07 bits per heavy atom. The highest BCUT2D eigenvalue weighted by Gasteiger charge is 2.08. The summed E-state index contributed by atoms with van der Waals surface area (Å²) in [5.74, 6) is 0. The third-order valence-corrected chi connectivity index (χ3v) is 1.46. The smallest absolute Gasteiger partial charge is 0.423 e. The molecule has 0 saturated heterocycles. The van der Waals surface area contributed by atoms with Gasteiger partial charge in [-0.25, -0.2) is 0 Å². The molecule has 0 radical (unpaired) electrons. The summed E-state index contributed by atoms with van der Waals surface area (Å²) in [6.45, 7) is 1.90. The fraction of sp³-hybridized carbons (Fsp3) is 0.333. The SMILES string of the molecule is CCO.OCc1ccc(B(O)O)cc1. The molecule has 14 heavy (non-hydrogen) atoms. The van der Waals surface area contributed by atoms with Gasteiger partial charge < -0.3 is 20.3 Å². The standard InChI is InChI=1S/C7H9BO3.C2H6O/c9-5-6-1-3-7(4-2-6)8(10)11;1-2-3/h1-4,9-11H,5H2;3H,2H2,1H3. The first-order chi connectivity index (χ1) is 6.65. The van der Waals surface area contributed by atoms with E-state index in [1.165, 1.54) is 0 Å². The van der Waals surface area contributed by atoms with Crippen molar-refractivity contribution in [2.24, 2.45) is 0 Å². The lowest BCUT2D eigenvalue weighted by Gasteiger charge is -1.99. The number of benzene rings is 1. The topological polar surface area (TPSA) is 80.9 Å². The van der Waals surface area contributed by atoms with Crippen LogP contribution >= 0.6 is 0 Å². The van der Waals surface area contributed by atoms with Gasteiger partial charge in [0.05, 0.1) is 6.61 Å². The average molecular weight is 198 g/mol. The van der Waals surface area contributed by atoms with E-state index in [1.54, 1.807) is 31.2 Å². The summed E-state index contributed by atoms with van der Waals surface area (Å²) in [4.78, 5) is 0. The van der Waals surface area contributed by atoms with Crippen LogP contribution < -0.4 is 5.46 Å². The molecule has 0 aliphatic carbocycles. The molecule has 1 rings (SSSR count). The molecule has 1 aromatic rings. The second-order valence-corrected chi connectivity index (χ2v) is 2.59. The number of hydrogen-bond donors (Lipinski definition) is 4. The van der Waals surface area contributed by atoms with Crippen molar-refractivity contribution in [3.05, 3.63) is 29.8 Å². The van der Waals surface area contributed by atoms with Gasteiger partial charge in [-0.2, -0.15) is 0 Å². The van der Waals surface area contributed by atoms with E-state index in [-0.39, 0.29) is 13.2 Å². The van der Waals surface area contributed by atoms with Crippen LogP contribution in [0.4, 0.5) is 0 Å². The van der Waals surface area contributed by atoms with Gasteiger partial charge >= 0.3 is 7.12 Å². The van der Waals surface area contributed by atoms with Gasteiger partial charge in [-0.05, 0) is 17.9 Å². The second kappa shape index (κ2) is 7.52. The fourth-order valence-corrected chi connectivity index (χ4v) is 0.795. The molecular formula is C9H15BO4. The quantitative estimate of drug-likeness (QED) is 0.452. The molecule has 0 aliphatic rings. The summed E-state index contributed by atoms with van der Waals surface area (Å²) in [6, 6.07) is 6.43. The average Bonchev–Trinajstić information content (AvgIpc) is 2.19. The highest BCUT2D eigenvalue weighted by Crippen LogP contribution is 1.95. The first-order valence-corrected chi connectivity index (χ1v) is 4.32. The Kier molecular flexibility index (Phi) is 7.05. The minimum Gasteiger partial charge on any atom is -0.423 e. The Labute approximate surface area is 83.6 Å². The molecule has 0 fully saturated rings. The van der Waals surface area contributed by atoms with E-state index >= 15 is 0 Å². The van der Waals surface area contributed by atoms with Crippen LogP contribution in [0, 0.1) is 0 Å². The predicted octanol–water partition coefficient (Wildman–Crippen LogP) is -1.14. The van der Waals surface area contributed by atoms with E-state index in [9.17, 15) is 0 Å². The summed E-state index contributed by atoms with van der Waals surface area (Å²) in [6.07, 6.45) is 0. The van der Waals surface area contributed by atoms with Crippen LogP contribution in [0.25, 0.3) is 0 Å². The van der Waals surface area contributed by atoms with Gasteiger partial charge in [-0.3, -0.25) is 0 Å². The predicted molar refractivity (Wildman–Crippen MR) is 55.0 cm³/mol. The molecule has 0 aromatic heterocycles. The molecule has 4 nitrogen and oxygen atoms in total. The zero-order valence-electron chi connectivity index (χ0n) is 8.09. The molecule has 78 valence electrons. The van der Waals surface area contributed by atoms with E-state index in [4.69, 9.17) is 20.3 Å². The van der Waals surface area contributed by atoms with Crippen molar-refractivity contribution < 1.29 is 20.3 Å². The minimum absolute atomic E-state index is 0.0260. The van der Waals surface area contributed by atoms with Gasteiger partial charge in [0.15, 0.2) is 0 Å². The Morgan fingerprint density at radius 3 is 1.79 bits per heavy atom. The lowest BCUT2D eigenvalue weighted by atomic mass is 9.80. The molecule has 0 aliphatic heterocycles. The molecule has 0 heterocycles.